The molecule has 15 heavy (non-hydrogen) atoms. The Morgan fingerprint density at radius 2 is 2.13 bits per heavy atom. The zero-order valence-corrected chi connectivity index (χ0v) is 8.87. The lowest BCUT2D eigenvalue weighted by molar-refractivity contribution is -0.125. The maximum atomic E-state index is 11.9. The molecule has 1 aromatic carbocycles. The molecule has 1 amide bonds. The number of rotatable bonds is 1. The fourth-order valence-electron chi connectivity index (χ4n) is 2.23. The van der Waals surface area contributed by atoms with Gasteiger partial charge in [0, 0.05) is 12.6 Å². The Balaban J connectivity index is 1.94. The molecular formula is C11H11ClN2O. The topological polar surface area (TPSA) is 32.3 Å². The van der Waals surface area contributed by atoms with Crippen molar-refractivity contribution >= 4 is 23.2 Å². The molecule has 0 saturated carbocycles. The van der Waals surface area contributed by atoms with Crippen LogP contribution in [-0.2, 0) is 4.79 Å². The van der Waals surface area contributed by atoms with Crippen molar-refractivity contribution in [2.45, 2.75) is 18.5 Å². The Labute approximate surface area is 93.0 Å². The molecule has 2 bridgehead atoms. The zero-order chi connectivity index (χ0) is 10.4. The van der Waals surface area contributed by atoms with Crippen LogP contribution in [0.15, 0.2) is 24.3 Å². The first kappa shape index (κ1) is 9.19. The summed E-state index contributed by atoms with van der Waals surface area (Å²) < 4.78 is 0. The van der Waals surface area contributed by atoms with Crippen LogP contribution < -0.4 is 10.2 Å². The van der Waals surface area contributed by atoms with E-state index in [4.69, 9.17) is 11.6 Å². The van der Waals surface area contributed by atoms with E-state index < -0.39 is 0 Å². The average Bonchev–Trinajstić information content (AvgIpc) is 2.17. The Bertz CT molecular complexity index is 415. The molecule has 1 N–H and O–H groups in total. The van der Waals surface area contributed by atoms with E-state index in [1.165, 1.54) is 0 Å². The number of carbonyl (C=O) groups is 1. The second-order valence-electron chi connectivity index (χ2n) is 4.05. The van der Waals surface area contributed by atoms with Gasteiger partial charge in [0.05, 0.1) is 16.8 Å². The van der Waals surface area contributed by atoms with E-state index in [0.29, 0.717) is 11.1 Å². The summed E-state index contributed by atoms with van der Waals surface area (Å²) in [6.45, 7) is 0.735. The number of amides is 1. The van der Waals surface area contributed by atoms with Crippen molar-refractivity contribution < 1.29 is 4.79 Å². The van der Waals surface area contributed by atoms with Gasteiger partial charge in [-0.2, -0.15) is 0 Å². The van der Waals surface area contributed by atoms with E-state index in [9.17, 15) is 4.79 Å². The lowest BCUT2D eigenvalue weighted by Gasteiger charge is -2.47. The monoisotopic (exact) mass is 222 g/mol. The Kier molecular flexibility index (Phi) is 1.97. The number of benzene rings is 1. The molecule has 3 fully saturated rings. The minimum atomic E-state index is 0.0139. The Morgan fingerprint density at radius 1 is 1.40 bits per heavy atom. The third-order valence-electron chi connectivity index (χ3n) is 3.07. The first-order valence-corrected chi connectivity index (χ1v) is 5.45. The highest BCUT2D eigenvalue weighted by molar-refractivity contribution is 6.33. The first-order chi connectivity index (χ1) is 7.25. The highest BCUT2D eigenvalue weighted by atomic mass is 35.5. The van der Waals surface area contributed by atoms with Gasteiger partial charge < -0.3 is 10.2 Å². The molecule has 2 unspecified atom stereocenters. The summed E-state index contributed by atoms with van der Waals surface area (Å²) in [5.41, 5.74) is 0.834. The van der Waals surface area contributed by atoms with Crippen molar-refractivity contribution in [2.24, 2.45) is 0 Å². The summed E-state index contributed by atoms with van der Waals surface area (Å²) in [5, 5.41) is 3.86. The van der Waals surface area contributed by atoms with E-state index in [1.54, 1.807) is 4.90 Å². The van der Waals surface area contributed by atoms with Crippen LogP contribution in [0.2, 0.25) is 5.02 Å². The van der Waals surface area contributed by atoms with Gasteiger partial charge in [0.25, 0.3) is 0 Å². The quantitative estimate of drug-likeness (QED) is 0.780. The summed E-state index contributed by atoms with van der Waals surface area (Å²) >= 11 is 6.07. The van der Waals surface area contributed by atoms with Gasteiger partial charge >= 0.3 is 0 Å². The third kappa shape index (κ3) is 1.34. The molecule has 3 aliphatic heterocycles. The number of hydrogen-bond donors (Lipinski definition) is 1. The predicted octanol–water partition coefficient (Wildman–Crippen LogP) is 1.42. The highest BCUT2D eigenvalue weighted by Gasteiger charge is 2.43. The predicted molar refractivity (Wildman–Crippen MR) is 59.1 cm³/mol. The minimum absolute atomic E-state index is 0.0139. The first-order valence-electron chi connectivity index (χ1n) is 5.07. The van der Waals surface area contributed by atoms with Crippen molar-refractivity contribution in [1.29, 1.82) is 0 Å². The molecular weight excluding hydrogens is 212 g/mol. The maximum Gasteiger partial charge on any atom is 0.244 e. The number of piperazine rings is 1. The number of fused-ring (bicyclic) bond motifs is 2. The third-order valence-corrected chi connectivity index (χ3v) is 3.39. The maximum absolute atomic E-state index is 11.9. The molecule has 1 aromatic rings. The molecule has 0 aliphatic carbocycles. The molecule has 3 heterocycles. The SMILES string of the molecule is O=C1C2CC(CN1c1ccccc1Cl)N2. The van der Waals surface area contributed by atoms with E-state index in [-0.39, 0.29) is 11.9 Å². The number of para-hydroxylation sites is 1. The van der Waals surface area contributed by atoms with Crippen LogP contribution in [0.25, 0.3) is 0 Å². The van der Waals surface area contributed by atoms with Crippen LogP contribution >= 0.6 is 11.6 Å². The smallest absolute Gasteiger partial charge is 0.244 e. The van der Waals surface area contributed by atoms with Gasteiger partial charge in [-0.3, -0.25) is 4.79 Å². The van der Waals surface area contributed by atoms with E-state index in [2.05, 4.69) is 5.32 Å². The van der Waals surface area contributed by atoms with Crippen LogP contribution in [0.4, 0.5) is 5.69 Å². The highest BCUT2D eigenvalue weighted by Crippen LogP contribution is 2.31. The Morgan fingerprint density at radius 3 is 2.80 bits per heavy atom. The molecule has 0 spiro atoms. The number of carbonyl (C=O) groups excluding carboxylic acids is 1. The fraction of sp³-hybridized carbons (Fsp3) is 0.364. The summed E-state index contributed by atoms with van der Waals surface area (Å²) in [6, 6.07) is 7.95. The van der Waals surface area contributed by atoms with Crippen molar-refractivity contribution in [3.05, 3.63) is 29.3 Å². The number of nitrogens with one attached hydrogen (secondary N) is 1. The van der Waals surface area contributed by atoms with Crippen molar-refractivity contribution in [3.8, 4) is 0 Å². The number of anilines is 1. The molecule has 78 valence electrons. The normalized spacial score (nSPS) is 28.9. The van der Waals surface area contributed by atoms with Crippen LogP contribution in [0.1, 0.15) is 6.42 Å². The number of halogens is 1. The number of piperidine rings is 1. The van der Waals surface area contributed by atoms with Crippen molar-refractivity contribution in [3.63, 3.8) is 0 Å². The molecule has 3 aliphatic rings. The van der Waals surface area contributed by atoms with E-state index in [1.807, 2.05) is 24.3 Å². The number of hydrogen-bond acceptors (Lipinski definition) is 2. The van der Waals surface area contributed by atoms with E-state index >= 15 is 0 Å². The van der Waals surface area contributed by atoms with Gasteiger partial charge in [-0.15, -0.1) is 0 Å². The standard InChI is InChI=1S/C11H11ClN2O/c12-8-3-1-2-4-10(8)14-6-7-5-9(13-7)11(14)15/h1-4,7,9,13H,5-6H2. The summed E-state index contributed by atoms with van der Waals surface area (Å²) in [6.07, 6.45) is 0.972. The molecule has 3 nitrogen and oxygen atoms in total. The lowest BCUT2D eigenvalue weighted by Crippen LogP contribution is -2.70. The van der Waals surface area contributed by atoms with Gasteiger partial charge in [0.15, 0.2) is 0 Å². The van der Waals surface area contributed by atoms with Gasteiger partial charge in [-0.1, -0.05) is 23.7 Å². The lowest BCUT2D eigenvalue weighted by atomic mass is 9.90. The molecule has 0 aromatic heterocycles. The van der Waals surface area contributed by atoms with Crippen LogP contribution in [0.3, 0.4) is 0 Å². The summed E-state index contributed by atoms with van der Waals surface area (Å²) in [5.74, 6) is 0.144. The fourth-order valence-corrected chi connectivity index (χ4v) is 2.47. The van der Waals surface area contributed by atoms with Crippen LogP contribution in [0, 0.1) is 0 Å². The van der Waals surface area contributed by atoms with Gasteiger partial charge in [0.2, 0.25) is 5.91 Å². The number of nitrogens with zero attached hydrogens (tertiary/aromatic N) is 1. The summed E-state index contributed by atoms with van der Waals surface area (Å²) in [4.78, 5) is 13.7. The second kappa shape index (κ2) is 3.22. The average molecular weight is 223 g/mol. The van der Waals surface area contributed by atoms with Gasteiger partial charge in [0.1, 0.15) is 0 Å². The molecule has 4 heteroatoms. The molecule has 4 rings (SSSR count). The van der Waals surface area contributed by atoms with Gasteiger partial charge in [-0.25, -0.2) is 0 Å². The molecule has 2 atom stereocenters. The van der Waals surface area contributed by atoms with Gasteiger partial charge in [-0.05, 0) is 18.6 Å². The minimum Gasteiger partial charge on any atom is -0.308 e. The second-order valence-corrected chi connectivity index (χ2v) is 4.46. The zero-order valence-electron chi connectivity index (χ0n) is 8.11. The summed E-state index contributed by atoms with van der Waals surface area (Å²) in [7, 11) is 0. The molecule has 3 saturated heterocycles. The van der Waals surface area contributed by atoms with Crippen LogP contribution in [0.5, 0.6) is 0 Å². The Hall–Kier alpha value is -1.06. The van der Waals surface area contributed by atoms with E-state index in [0.717, 1.165) is 18.7 Å². The van der Waals surface area contributed by atoms with Crippen LogP contribution in [-0.4, -0.2) is 24.5 Å². The molecule has 0 radical (unpaired) electrons. The largest absolute Gasteiger partial charge is 0.308 e. The van der Waals surface area contributed by atoms with Crippen molar-refractivity contribution in [1.82, 2.24) is 5.32 Å². The van der Waals surface area contributed by atoms with Crippen molar-refractivity contribution in [2.75, 3.05) is 11.4 Å².